The zero-order valence-electron chi connectivity index (χ0n) is 11.4. The highest BCUT2D eigenvalue weighted by atomic mass is 35.5. The predicted octanol–water partition coefficient (Wildman–Crippen LogP) is 3.99. The SMILES string of the molecule is CC(C)c1nnc(NC(=O)COc2ccc(Cl)cc2Cl)s1. The number of carbonyl (C=O) groups is 1. The Morgan fingerprint density at radius 2 is 2.14 bits per heavy atom. The lowest BCUT2D eigenvalue weighted by atomic mass is 10.2. The number of carbonyl (C=O) groups excluding carboxylic acids is 1. The molecule has 5 nitrogen and oxygen atoms in total. The van der Waals surface area contributed by atoms with Crippen LogP contribution in [0.25, 0.3) is 0 Å². The molecule has 1 aromatic heterocycles. The van der Waals surface area contributed by atoms with Crippen LogP contribution in [0.3, 0.4) is 0 Å². The Balaban J connectivity index is 1.89. The number of hydrogen-bond donors (Lipinski definition) is 1. The summed E-state index contributed by atoms with van der Waals surface area (Å²) in [5, 5.41) is 12.7. The number of halogens is 2. The maximum absolute atomic E-state index is 11.8. The van der Waals surface area contributed by atoms with Crippen LogP contribution in [0, 0.1) is 0 Å². The van der Waals surface area contributed by atoms with Gasteiger partial charge in [-0.15, -0.1) is 10.2 Å². The first-order chi connectivity index (χ1) is 9.95. The minimum absolute atomic E-state index is 0.169. The summed E-state index contributed by atoms with van der Waals surface area (Å²) in [7, 11) is 0. The molecule has 1 amide bonds. The van der Waals surface area contributed by atoms with E-state index in [0.717, 1.165) is 5.01 Å². The molecular weight excluding hydrogens is 333 g/mol. The van der Waals surface area contributed by atoms with Gasteiger partial charge in [-0.2, -0.15) is 0 Å². The maximum atomic E-state index is 11.8. The zero-order valence-corrected chi connectivity index (χ0v) is 13.7. The maximum Gasteiger partial charge on any atom is 0.264 e. The van der Waals surface area contributed by atoms with Crippen molar-refractivity contribution in [2.24, 2.45) is 0 Å². The monoisotopic (exact) mass is 345 g/mol. The van der Waals surface area contributed by atoms with Crippen molar-refractivity contribution in [2.45, 2.75) is 19.8 Å². The number of ether oxygens (including phenoxy) is 1. The molecule has 0 unspecified atom stereocenters. The molecule has 0 fully saturated rings. The molecule has 1 heterocycles. The van der Waals surface area contributed by atoms with Gasteiger partial charge < -0.3 is 4.74 Å². The number of rotatable bonds is 5. The van der Waals surface area contributed by atoms with Gasteiger partial charge in [0.1, 0.15) is 10.8 Å². The molecule has 0 bridgehead atoms. The van der Waals surface area contributed by atoms with Gasteiger partial charge in [0.05, 0.1) is 5.02 Å². The number of benzene rings is 1. The van der Waals surface area contributed by atoms with Crippen LogP contribution in [-0.2, 0) is 4.79 Å². The molecule has 0 saturated carbocycles. The molecule has 112 valence electrons. The summed E-state index contributed by atoms with van der Waals surface area (Å²) in [6.45, 7) is 3.85. The van der Waals surface area contributed by atoms with E-state index in [1.807, 2.05) is 13.8 Å². The van der Waals surface area contributed by atoms with Gasteiger partial charge in [0, 0.05) is 10.9 Å². The third kappa shape index (κ3) is 4.56. The number of anilines is 1. The van der Waals surface area contributed by atoms with Crippen molar-refractivity contribution in [3.05, 3.63) is 33.3 Å². The highest BCUT2D eigenvalue weighted by Crippen LogP contribution is 2.27. The number of nitrogens with one attached hydrogen (secondary N) is 1. The van der Waals surface area contributed by atoms with E-state index < -0.39 is 0 Å². The largest absolute Gasteiger partial charge is 0.482 e. The molecule has 0 saturated heterocycles. The van der Waals surface area contributed by atoms with E-state index in [1.165, 1.54) is 11.3 Å². The fraction of sp³-hybridized carbons (Fsp3) is 0.308. The summed E-state index contributed by atoms with van der Waals surface area (Å²) in [6.07, 6.45) is 0. The molecule has 8 heteroatoms. The Kier molecular flexibility index (Phi) is 5.39. The van der Waals surface area contributed by atoms with Gasteiger partial charge in [0.2, 0.25) is 5.13 Å². The first-order valence-electron chi connectivity index (χ1n) is 6.17. The molecule has 1 aromatic carbocycles. The quantitative estimate of drug-likeness (QED) is 0.889. The molecule has 21 heavy (non-hydrogen) atoms. The molecule has 0 aliphatic heterocycles. The van der Waals surface area contributed by atoms with Crippen molar-refractivity contribution >= 4 is 45.6 Å². The van der Waals surface area contributed by atoms with Crippen molar-refractivity contribution in [1.82, 2.24) is 10.2 Å². The normalized spacial score (nSPS) is 10.7. The van der Waals surface area contributed by atoms with Crippen LogP contribution in [0.2, 0.25) is 10.0 Å². The average Bonchev–Trinajstić information content (AvgIpc) is 2.86. The Labute approximate surface area is 136 Å². The summed E-state index contributed by atoms with van der Waals surface area (Å²) in [6, 6.07) is 4.80. The van der Waals surface area contributed by atoms with E-state index in [2.05, 4.69) is 15.5 Å². The Hall–Kier alpha value is -1.37. The van der Waals surface area contributed by atoms with E-state index >= 15 is 0 Å². The van der Waals surface area contributed by atoms with Gasteiger partial charge >= 0.3 is 0 Å². The van der Waals surface area contributed by atoms with Gasteiger partial charge in [-0.1, -0.05) is 48.4 Å². The van der Waals surface area contributed by atoms with Crippen LogP contribution in [0.4, 0.5) is 5.13 Å². The van der Waals surface area contributed by atoms with Gasteiger partial charge in [0.25, 0.3) is 5.91 Å². The number of amides is 1. The smallest absolute Gasteiger partial charge is 0.264 e. The Morgan fingerprint density at radius 1 is 1.38 bits per heavy atom. The molecule has 0 radical (unpaired) electrons. The lowest BCUT2D eigenvalue weighted by Crippen LogP contribution is -2.20. The topological polar surface area (TPSA) is 64.1 Å². The van der Waals surface area contributed by atoms with E-state index in [0.29, 0.717) is 20.9 Å². The van der Waals surface area contributed by atoms with Crippen LogP contribution in [-0.4, -0.2) is 22.7 Å². The molecule has 1 N–H and O–H groups in total. The van der Waals surface area contributed by atoms with Crippen LogP contribution in [0.1, 0.15) is 24.8 Å². The average molecular weight is 346 g/mol. The Morgan fingerprint density at radius 3 is 2.76 bits per heavy atom. The highest BCUT2D eigenvalue weighted by Gasteiger charge is 2.11. The molecule has 0 aliphatic rings. The first kappa shape index (κ1) is 16.0. The fourth-order valence-corrected chi connectivity index (χ4v) is 2.63. The van der Waals surface area contributed by atoms with Gasteiger partial charge in [0.15, 0.2) is 6.61 Å². The van der Waals surface area contributed by atoms with E-state index in [4.69, 9.17) is 27.9 Å². The number of nitrogens with zero attached hydrogens (tertiary/aromatic N) is 2. The summed E-state index contributed by atoms with van der Waals surface area (Å²) in [4.78, 5) is 11.8. The fourth-order valence-electron chi connectivity index (χ4n) is 1.41. The standard InChI is InChI=1S/C13H13Cl2N3O2S/c1-7(2)12-17-18-13(21-12)16-11(19)6-20-10-4-3-8(14)5-9(10)15/h3-5,7H,6H2,1-2H3,(H,16,18,19). The summed E-state index contributed by atoms with van der Waals surface area (Å²) >= 11 is 13.1. The van der Waals surface area contributed by atoms with E-state index in [1.54, 1.807) is 18.2 Å². The third-order valence-electron chi connectivity index (χ3n) is 2.43. The van der Waals surface area contributed by atoms with Crippen molar-refractivity contribution in [3.8, 4) is 5.75 Å². The molecule has 2 rings (SSSR count). The van der Waals surface area contributed by atoms with Crippen molar-refractivity contribution in [3.63, 3.8) is 0 Å². The van der Waals surface area contributed by atoms with Gasteiger partial charge in [-0.25, -0.2) is 0 Å². The van der Waals surface area contributed by atoms with Crippen molar-refractivity contribution in [2.75, 3.05) is 11.9 Å². The van der Waals surface area contributed by atoms with Crippen LogP contribution < -0.4 is 10.1 Å². The van der Waals surface area contributed by atoms with Crippen molar-refractivity contribution in [1.29, 1.82) is 0 Å². The van der Waals surface area contributed by atoms with E-state index in [-0.39, 0.29) is 18.4 Å². The summed E-state index contributed by atoms with van der Waals surface area (Å²) < 4.78 is 5.33. The minimum Gasteiger partial charge on any atom is -0.482 e. The van der Waals surface area contributed by atoms with Crippen molar-refractivity contribution < 1.29 is 9.53 Å². The predicted molar refractivity (Wildman–Crippen MR) is 84.6 cm³/mol. The lowest BCUT2D eigenvalue weighted by Gasteiger charge is -2.07. The van der Waals surface area contributed by atoms with Gasteiger partial charge in [-0.3, -0.25) is 10.1 Å². The number of hydrogen-bond acceptors (Lipinski definition) is 5. The second-order valence-corrected chi connectivity index (χ2v) is 6.36. The molecule has 0 aliphatic carbocycles. The highest BCUT2D eigenvalue weighted by molar-refractivity contribution is 7.15. The summed E-state index contributed by atoms with van der Waals surface area (Å²) in [5.41, 5.74) is 0. The number of aromatic nitrogens is 2. The third-order valence-corrected chi connectivity index (χ3v) is 4.10. The van der Waals surface area contributed by atoms with Crippen LogP contribution >= 0.6 is 34.5 Å². The Bertz CT molecular complexity index is 646. The molecule has 0 atom stereocenters. The minimum atomic E-state index is -0.326. The second kappa shape index (κ2) is 7.06. The van der Waals surface area contributed by atoms with Crippen LogP contribution in [0.15, 0.2) is 18.2 Å². The lowest BCUT2D eigenvalue weighted by molar-refractivity contribution is -0.118. The summed E-state index contributed by atoms with van der Waals surface area (Å²) in [5.74, 6) is 0.348. The molecule has 0 spiro atoms. The van der Waals surface area contributed by atoms with Gasteiger partial charge in [-0.05, 0) is 18.2 Å². The second-order valence-electron chi connectivity index (χ2n) is 4.51. The molecule has 2 aromatic rings. The van der Waals surface area contributed by atoms with Crippen LogP contribution in [0.5, 0.6) is 5.75 Å². The molecular formula is C13H13Cl2N3O2S. The first-order valence-corrected chi connectivity index (χ1v) is 7.74. The zero-order chi connectivity index (χ0) is 15.4. The van der Waals surface area contributed by atoms with E-state index in [9.17, 15) is 4.79 Å².